The maximum atomic E-state index is 12.9. The Morgan fingerprint density at radius 2 is 1.45 bits per heavy atom. The molecule has 0 aliphatic carbocycles. The summed E-state index contributed by atoms with van der Waals surface area (Å²) >= 11 is 0. The predicted octanol–water partition coefficient (Wildman–Crippen LogP) is 3.51. The number of hydrogen-bond acceptors (Lipinski definition) is 7. The van der Waals surface area contributed by atoms with Crippen LogP contribution in [0.3, 0.4) is 0 Å². The second-order valence-corrected chi connectivity index (χ2v) is 6.35. The molecule has 0 atom stereocenters. The largest absolute Gasteiger partial charge is 0.504 e. The Bertz CT molecular complexity index is 1300. The first kappa shape index (κ1) is 18.1. The molecule has 0 aliphatic rings. The van der Waals surface area contributed by atoms with Crippen molar-refractivity contribution in [1.82, 2.24) is 0 Å². The zero-order chi connectivity index (χ0) is 20.7. The number of carbonyl (C=O) groups excluding carboxylic acids is 1. The summed E-state index contributed by atoms with van der Waals surface area (Å²) in [7, 11) is 0. The van der Waals surface area contributed by atoms with Gasteiger partial charge in [0.15, 0.2) is 28.8 Å². The van der Waals surface area contributed by atoms with E-state index in [1.165, 1.54) is 18.2 Å². The molecule has 1 aromatic heterocycles. The van der Waals surface area contributed by atoms with Crippen LogP contribution < -0.4 is 5.43 Å². The molecular weight excluding hydrogens is 376 g/mol. The molecule has 0 unspecified atom stereocenters. The Balaban J connectivity index is 1.95. The Hall–Kier alpha value is -4.26. The molecule has 0 saturated carbocycles. The van der Waals surface area contributed by atoms with Crippen molar-refractivity contribution in [3.05, 3.63) is 82.0 Å². The SMILES string of the molecule is O=C(c1cc(O)c(O)c(O)c1)c1cccc2oc(-c3ccccc3)c(O)c(=O)c12. The van der Waals surface area contributed by atoms with E-state index in [4.69, 9.17) is 4.42 Å². The highest BCUT2D eigenvalue weighted by atomic mass is 16.4. The molecule has 4 N–H and O–H groups in total. The monoisotopic (exact) mass is 390 g/mol. The molecule has 4 rings (SSSR count). The standard InChI is InChI=1S/C22H14O7/c23-14-9-12(10-15(24)19(14)26)18(25)13-7-4-8-16-17(13)20(27)21(28)22(29-16)11-5-2-1-3-6-11/h1-10,23-24,26,28H. The molecule has 7 nitrogen and oxygen atoms in total. The first-order chi connectivity index (χ1) is 13.9. The zero-order valence-electron chi connectivity index (χ0n) is 14.8. The highest BCUT2D eigenvalue weighted by Crippen LogP contribution is 2.37. The molecule has 0 fully saturated rings. The van der Waals surface area contributed by atoms with E-state index < -0.39 is 34.2 Å². The summed E-state index contributed by atoms with van der Waals surface area (Å²) in [5, 5.41) is 39.1. The van der Waals surface area contributed by atoms with Crippen LogP contribution in [-0.4, -0.2) is 26.2 Å². The molecule has 29 heavy (non-hydrogen) atoms. The van der Waals surface area contributed by atoms with Crippen molar-refractivity contribution >= 4 is 16.8 Å². The third-order valence-corrected chi connectivity index (χ3v) is 4.51. The molecule has 0 saturated heterocycles. The molecule has 0 amide bonds. The Labute approximate surface area is 163 Å². The number of aromatic hydroxyl groups is 4. The smallest absolute Gasteiger partial charge is 0.235 e. The van der Waals surface area contributed by atoms with Crippen molar-refractivity contribution in [1.29, 1.82) is 0 Å². The van der Waals surface area contributed by atoms with Gasteiger partial charge in [-0.3, -0.25) is 9.59 Å². The van der Waals surface area contributed by atoms with Crippen LogP contribution in [0.2, 0.25) is 0 Å². The van der Waals surface area contributed by atoms with E-state index in [1.807, 2.05) is 0 Å². The van der Waals surface area contributed by atoms with Gasteiger partial charge >= 0.3 is 0 Å². The lowest BCUT2D eigenvalue weighted by molar-refractivity contribution is 0.103. The fourth-order valence-corrected chi connectivity index (χ4v) is 3.10. The van der Waals surface area contributed by atoms with Gasteiger partial charge < -0.3 is 24.8 Å². The molecule has 1 heterocycles. The first-order valence-electron chi connectivity index (χ1n) is 8.52. The van der Waals surface area contributed by atoms with Crippen molar-refractivity contribution in [2.24, 2.45) is 0 Å². The van der Waals surface area contributed by atoms with Gasteiger partial charge in [-0.15, -0.1) is 0 Å². The van der Waals surface area contributed by atoms with Crippen molar-refractivity contribution in [2.45, 2.75) is 0 Å². The summed E-state index contributed by atoms with van der Waals surface area (Å²) < 4.78 is 5.71. The number of phenols is 3. The summed E-state index contributed by atoms with van der Waals surface area (Å²) in [5.41, 5.74) is -0.452. The van der Waals surface area contributed by atoms with Crippen LogP contribution in [0.4, 0.5) is 0 Å². The van der Waals surface area contributed by atoms with Crippen LogP contribution in [-0.2, 0) is 0 Å². The third kappa shape index (κ3) is 2.94. The van der Waals surface area contributed by atoms with E-state index in [-0.39, 0.29) is 27.9 Å². The van der Waals surface area contributed by atoms with Gasteiger partial charge in [0.1, 0.15) is 5.58 Å². The molecule has 3 aromatic carbocycles. The van der Waals surface area contributed by atoms with Gasteiger partial charge in [0.05, 0.1) is 5.39 Å². The lowest BCUT2D eigenvalue weighted by atomic mass is 9.98. The summed E-state index contributed by atoms with van der Waals surface area (Å²) in [5.74, 6) is -3.50. The van der Waals surface area contributed by atoms with E-state index in [0.29, 0.717) is 5.56 Å². The second kappa shape index (κ2) is 6.72. The molecule has 4 aromatic rings. The van der Waals surface area contributed by atoms with Crippen LogP contribution in [0, 0.1) is 0 Å². The molecule has 0 bridgehead atoms. The van der Waals surface area contributed by atoms with E-state index in [9.17, 15) is 30.0 Å². The van der Waals surface area contributed by atoms with Gasteiger partial charge in [-0.25, -0.2) is 0 Å². The average Bonchev–Trinajstić information content (AvgIpc) is 2.73. The molecule has 0 spiro atoms. The second-order valence-electron chi connectivity index (χ2n) is 6.35. The van der Waals surface area contributed by atoms with Gasteiger partial charge in [0.2, 0.25) is 11.2 Å². The molecule has 144 valence electrons. The Morgan fingerprint density at radius 3 is 2.10 bits per heavy atom. The summed E-state index contributed by atoms with van der Waals surface area (Å²) in [6.45, 7) is 0. The maximum Gasteiger partial charge on any atom is 0.235 e. The highest BCUT2D eigenvalue weighted by Gasteiger charge is 2.22. The Morgan fingerprint density at radius 1 is 0.793 bits per heavy atom. The maximum absolute atomic E-state index is 12.9. The number of phenolic OH excluding ortho intramolecular Hbond substituents is 3. The number of rotatable bonds is 3. The van der Waals surface area contributed by atoms with Gasteiger partial charge in [0, 0.05) is 16.7 Å². The first-order valence-corrected chi connectivity index (χ1v) is 8.52. The molecular formula is C22H14O7. The third-order valence-electron chi connectivity index (χ3n) is 4.51. The molecule has 0 aliphatic heterocycles. The summed E-state index contributed by atoms with van der Waals surface area (Å²) in [6.07, 6.45) is 0. The van der Waals surface area contributed by atoms with Crippen LogP contribution in [0.5, 0.6) is 23.0 Å². The summed E-state index contributed by atoms with van der Waals surface area (Å²) in [4.78, 5) is 25.8. The van der Waals surface area contributed by atoms with E-state index in [0.717, 1.165) is 12.1 Å². The molecule has 7 heteroatoms. The Kier molecular flexibility index (Phi) is 4.20. The predicted molar refractivity (Wildman–Crippen MR) is 104 cm³/mol. The lowest BCUT2D eigenvalue weighted by Crippen LogP contribution is -2.10. The van der Waals surface area contributed by atoms with Gasteiger partial charge in [0.25, 0.3) is 0 Å². The number of carbonyl (C=O) groups is 1. The van der Waals surface area contributed by atoms with E-state index in [1.54, 1.807) is 30.3 Å². The van der Waals surface area contributed by atoms with Crippen LogP contribution in [0.25, 0.3) is 22.3 Å². The van der Waals surface area contributed by atoms with Crippen molar-refractivity contribution < 1.29 is 29.6 Å². The average molecular weight is 390 g/mol. The number of fused-ring (bicyclic) bond motifs is 1. The normalized spacial score (nSPS) is 10.9. The van der Waals surface area contributed by atoms with Gasteiger partial charge in [-0.2, -0.15) is 0 Å². The van der Waals surface area contributed by atoms with Crippen LogP contribution >= 0.6 is 0 Å². The van der Waals surface area contributed by atoms with E-state index in [2.05, 4.69) is 0 Å². The number of hydrogen-bond donors (Lipinski definition) is 4. The zero-order valence-corrected chi connectivity index (χ0v) is 14.8. The van der Waals surface area contributed by atoms with Crippen molar-refractivity contribution in [2.75, 3.05) is 0 Å². The van der Waals surface area contributed by atoms with Gasteiger partial charge in [-0.05, 0) is 18.2 Å². The minimum absolute atomic E-state index is 0.0207. The van der Waals surface area contributed by atoms with Crippen LogP contribution in [0.1, 0.15) is 15.9 Å². The number of ketones is 1. The topological polar surface area (TPSA) is 128 Å². The van der Waals surface area contributed by atoms with Crippen molar-refractivity contribution in [3.8, 4) is 34.3 Å². The fourth-order valence-electron chi connectivity index (χ4n) is 3.10. The summed E-state index contributed by atoms with van der Waals surface area (Å²) in [6, 6.07) is 14.9. The fraction of sp³-hybridized carbons (Fsp3) is 0. The number of benzene rings is 3. The van der Waals surface area contributed by atoms with Gasteiger partial charge in [-0.1, -0.05) is 42.5 Å². The van der Waals surface area contributed by atoms with Crippen LogP contribution in [0.15, 0.2) is 69.9 Å². The quantitative estimate of drug-likeness (QED) is 0.311. The minimum atomic E-state index is -0.790. The van der Waals surface area contributed by atoms with Crippen molar-refractivity contribution in [3.63, 3.8) is 0 Å². The minimum Gasteiger partial charge on any atom is -0.504 e. The highest BCUT2D eigenvalue weighted by molar-refractivity contribution is 6.16. The van der Waals surface area contributed by atoms with E-state index >= 15 is 0 Å². The lowest BCUT2D eigenvalue weighted by Gasteiger charge is -2.10. The molecule has 0 radical (unpaired) electrons.